The highest BCUT2D eigenvalue weighted by atomic mass is 32.1. The van der Waals surface area contributed by atoms with E-state index in [4.69, 9.17) is 4.74 Å². The van der Waals surface area contributed by atoms with Gasteiger partial charge in [0.25, 0.3) is 0 Å². The Labute approximate surface area is 115 Å². The van der Waals surface area contributed by atoms with Crippen molar-refractivity contribution in [2.45, 2.75) is 6.42 Å². The van der Waals surface area contributed by atoms with Crippen molar-refractivity contribution < 1.29 is 9.53 Å². The van der Waals surface area contributed by atoms with Crippen LogP contribution in [0, 0.1) is 0 Å². The van der Waals surface area contributed by atoms with E-state index in [0.717, 1.165) is 34.9 Å². The van der Waals surface area contributed by atoms with Crippen LogP contribution < -0.4 is 10.1 Å². The molecule has 3 rings (SSSR count). The molecule has 0 unspecified atom stereocenters. The first-order valence-electron chi connectivity index (χ1n) is 6.09. The van der Waals surface area contributed by atoms with Crippen molar-refractivity contribution in [3.8, 4) is 5.75 Å². The molecule has 0 aliphatic carbocycles. The second-order valence-electron chi connectivity index (χ2n) is 4.26. The molecule has 96 valence electrons. The van der Waals surface area contributed by atoms with E-state index in [1.807, 2.05) is 41.8 Å². The van der Waals surface area contributed by atoms with Gasteiger partial charge in [-0.3, -0.25) is 4.79 Å². The van der Waals surface area contributed by atoms with Crippen molar-refractivity contribution >= 4 is 29.0 Å². The molecule has 0 spiro atoms. The third kappa shape index (κ3) is 2.85. The zero-order chi connectivity index (χ0) is 13.1. The van der Waals surface area contributed by atoms with E-state index in [9.17, 15) is 4.79 Å². The first-order valence-corrected chi connectivity index (χ1v) is 6.97. The van der Waals surface area contributed by atoms with E-state index in [1.165, 1.54) is 0 Å². The number of fused-ring (bicyclic) bond motifs is 1. The molecular formula is C15H13NO2S. The van der Waals surface area contributed by atoms with Crippen molar-refractivity contribution in [3.63, 3.8) is 0 Å². The van der Waals surface area contributed by atoms with Crippen molar-refractivity contribution in [1.29, 1.82) is 0 Å². The molecule has 0 fully saturated rings. The van der Waals surface area contributed by atoms with E-state index in [1.54, 1.807) is 17.4 Å². The minimum absolute atomic E-state index is 0.118. The molecule has 1 N–H and O–H groups in total. The number of hydrogen-bond donors (Lipinski definition) is 1. The first-order chi connectivity index (χ1) is 9.31. The number of amides is 1. The summed E-state index contributed by atoms with van der Waals surface area (Å²) in [6, 6.07) is 9.67. The van der Waals surface area contributed by atoms with Gasteiger partial charge in [0.05, 0.1) is 6.61 Å². The lowest BCUT2D eigenvalue weighted by Crippen LogP contribution is -2.07. The van der Waals surface area contributed by atoms with E-state index >= 15 is 0 Å². The van der Waals surface area contributed by atoms with Gasteiger partial charge in [0, 0.05) is 23.1 Å². The van der Waals surface area contributed by atoms with Gasteiger partial charge in [0.15, 0.2) is 0 Å². The molecule has 1 aromatic heterocycles. The number of nitrogens with one attached hydrogen (secondary N) is 1. The summed E-state index contributed by atoms with van der Waals surface area (Å²) in [7, 11) is 0. The van der Waals surface area contributed by atoms with Crippen LogP contribution in [0.5, 0.6) is 5.75 Å². The Morgan fingerprint density at radius 1 is 1.37 bits per heavy atom. The van der Waals surface area contributed by atoms with Crippen molar-refractivity contribution in [2.24, 2.45) is 0 Å². The summed E-state index contributed by atoms with van der Waals surface area (Å²) in [5.74, 6) is 0.805. The number of carbonyl (C=O) groups is 1. The van der Waals surface area contributed by atoms with Crippen LogP contribution in [0.1, 0.15) is 10.4 Å². The normalized spacial score (nSPS) is 13.3. The molecule has 19 heavy (non-hydrogen) atoms. The number of carbonyl (C=O) groups excluding carboxylic acids is 1. The fourth-order valence-corrected chi connectivity index (χ4v) is 2.61. The average molecular weight is 271 g/mol. The van der Waals surface area contributed by atoms with E-state index in [-0.39, 0.29) is 5.91 Å². The van der Waals surface area contributed by atoms with Crippen molar-refractivity contribution in [3.05, 3.63) is 52.2 Å². The second kappa shape index (κ2) is 5.28. The number of benzene rings is 1. The molecule has 1 aromatic carbocycles. The fourth-order valence-electron chi connectivity index (χ4n) is 1.99. The van der Waals surface area contributed by atoms with Crippen LogP contribution in [-0.2, 0) is 11.2 Å². The average Bonchev–Trinajstić information content (AvgIpc) is 3.07. The first kappa shape index (κ1) is 12.0. The van der Waals surface area contributed by atoms with Crippen molar-refractivity contribution in [2.75, 3.05) is 11.9 Å². The molecule has 4 heteroatoms. The van der Waals surface area contributed by atoms with Crippen LogP contribution in [0.15, 0.2) is 41.8 Å². The van der Waals surface area contributed by atoms with E-state index in [2.05, 4.69) is 5.32 Å². The van der Waals surface area contributed by atoms with E-state index in [0.29, 0.717) is 0 Å². The van der Waals surface area contributed by atoms with Crippen LogP contribution in [0.3, 0.4) is 0 Å². The topological polar surface area (TPSA) is 38.3 Å². The van der Waals surface area contributed by atoms with Gasteiger partial charge in [-0.2, -0.15) is 0 Å². The Kier molecular flexibility index (Phi) is 3.33. The molecule has 1 aliphatic heterocycles. The molecule has 2 aromatic rings. The minimum Gasteiger partial charge on any atom is -0.493 e. The lowest BCUT2D eigenvalue weighted by atomic mass is 10.1. The Morgan fingerprint density at radius 3 is 3.16 bits per heavy atom. The smallest absolute Gasteiger partial charge is 0.248 e. The molecule has 1 aliphatic rings. The highest BCUT2D eigenvalue weighted by Crippen LogP contribution is 2.27. The van der Waals surface area contributed by atoms with Crippen LogP contribution in [-0.4, -0.2) is 12.5 Å². The van der Waals surface area contributed by atoms with Crippen LogP contribution in [0.2, 0.25) is 0 Å². The van der Waals surface area contributed by atoms with Crippen molar-refractivity contribution in [1.82, 2.24) is 0 Å². The number of ether oxygens (including phenoxy) is 1. The zero-order valence-corrected chi connectivity index (χ0v) is 11.1. The third-order valence-electron chi connectivity index (χ3n) is 2.90. The summed E-state index contributed by atoms with van der Waals surface area (Å²) < 4.78 is 5.43. The predicted molar refractivity (Wildman–Crippen MR) is 77.6 cm³/mol. The Bertz CT molecular complexity index is 617. The van der Waals surface area contributed by atoms with Crippen LogP contribution >= 0.6 is 11.3 Å². The summed E-state index contributed by atoms with van der Waals surface area (Å²) in [6.07, 6.45) is 4.27. The summed E-state index contributed by atoms with van der Waals surface area (Å²) in [5, 5.41) is 4.84. The minimum atomic E-state index is -0.118. The lowest BCUT2D eigenvalue weighted by Gasteiger charge is -2.04. The van der Waals surface area contributed by atoms with Gasteiger partial charge >= 0.3 is 0 Å². The molecule has 0 saturated heterocycles. The standard InChI is InChI=1S/C15H13NO2S/c17-15(6-4-13-2-1-9-19-13)16-12-3-5-14-11(10-12)7-8-18-14/h1-6,9-10H,7-8H2,(H,16,17)/b6-4+. The van der Waals surface area contributed by atoms with Crippen LogP contribution in [0.4, 0.5) is 5.69 Å². The van der Waals surface area contributed by atoms with Gasteiger partial charge in [-0.15, -0.1) is 11.3 Å². The quantitative estimate of drug-likeness (QED) is 0.870. The van der Waals surface area contributed by atoms with Gasteiger partial charge < -0.3 is 10.1 Å². The zero-order valence-electron chi connectivity index (χ0n) is 10.3. The maximum absolute atomic E-state index is 11.8. The molecule has 0 radical (unpaired) electrons. The SMILES string of the molecule is O=C(/C=C/c1cccs1)Nc1ccc2c(c1)CCO2. The Hall–Kier alpha value is -2.07. The third-order valence-corrected chi connectivity index (χ3v) is 3.74. The number of thiophene rings is 1. The van der Waals surface area contributed by atoms with Crippen LogP contribution in [0.25, 0.3) is 6.08 Å². The Balaban J connectivity index is 1.66. The molecule has 2 heterocycles. The molecule has 0 atom stereocenters. The summed E-state index contributed by atoms with van der Waals surface area (Å²) in [5.41, 5.74) is 1.96. The largest absolute Gasteiger partial charge is 0.493 e. The van der Waals surface area contributed by atoms with Gasteiger partial charge in [-0.25, -0.2) is 0 Å². The summed E-state index contributed by atoms with van der Waals surface area (Å²) >= 11 is 1.60. The Morgan fingerprint density at radius 2 is 2.32 bits per heavy atom. The molecule has 0 saturated carbocycles. The number of anilines is 1. The highest BCUT2D eigenvalue weighted by Gasteiger charge is 2.12. The molecular weight excluding hydrogens is 258 g/mol. The fraction of sp³-hybridized carbons (Fsp3) is 0.133. The number of hydrogen-bond acceptors (Lipinski definition) is 3. The maximum atomic E-state index is 11.8. The summed E-state index contributed by atoms with van der Waals surface area (Å²) in [4.78, 5) is 12.9. The molecule has 3 nitrogen and oxygen atoms in total. The van der Waals surface area contributed by atoms with E-state index < -0.39 is 0 Å². The number of rotatable bonds is 3. The van der Waals surface area contributed by atoms with Gasteiger partial charge in [0.2, 0.25) is 5.91 Å². The highest BCUT2D eigenvalue weighted by molar-refractivity contribution is 7.10. The van der Waals surface area contributed by atoms with Gasteiger partial charge in [0.1, 0.15) is 5.75 Å². The second-order valence-corrected chi connectivity index (χ2v) is 5.24. The maximum Gasteiger partial charge on any atom is 0.248 e. The predicted octanol–water partition coefficient (Wildman–Crippen LogP) is 3.33. The summed E-state index contributed by atoms with van der Waals surface area (Å²) in [6.45, 7) is 0.727. The lowest BCUT2D eigenvalue weighted by molar-refractivity contribution is -0.111. The molecule has 1 amide bonds. The van der Waals surface area contributed by atoms with Gasteiger partial charge in [-0.1, -0.05) is 6.07 Å². The molecule has 0 bridgehead atoms. The monoisotopic (exact) mass is 271 g/mol. The van der Waals surface area contributed by atoms with Gasteiger partial charge in [-0.05, 0) is 41.3 Å².